The molecule has 3 rings (SSSR count). The Morgan fingerprint density at radius 2 is 1.81 bits per heavy atom. The number of hydrogen-bond acceptors (Lipinski definition) is 0. The van der Waals surface area contributed by atoms with E-state index < -0.39 is 20.8 Å². The molecule has 0 aliphatic heterocycles. The Kier molecular flexibility index (Phi) is 7.22. The van der Waals surface area contributed by atoms with Crippen LogP contribution < -0.4 is 0 Å². The van der Waals surface area contributed by atoms with E-state index in [0.717, 1.165) is 10.9 Å². The average Bonchev–Trinajstić information content (AvgIpc) is 2.91. The monoisotopic (exact) mass is 457 g/mol. The van der Waals surface area contributed by atoms with Crippen molar-refractivity contribution in [3.05, 3.63) is 70.1 Å². The Labute approximate surface area is 153 Å². The van der Waals surface area contributed by atoms with Gasteiger partial charge in [0.2, 0.25) is 0 Å². The molecule has 0 fully saturated rings. The van der Waals surface area contributed by atoms with E-state index in [2.05, 4.69) is 77.8 Å². The minimum absolute atomic E-state index is 0.826. The fourth-order valence-corrected chi connectivity index (χ4v) is 2.81. The van der Waals surface area contributed by atoms with Crippen LogP contribution in [0, 0.1) is 6.42 Å². The predicted molar refractivity (Wildman–Crippen MR) is 93.0 cm³/mol. The van der Waals surface area contributed by atoms with Crippen LogP contribution in [0.15, 0.2) is 52.5 Å². The minimum atomic E-state index is -0.826. The first-order chi connectivity index (χ1) is 10.2. The topological polar surface area (TPSA) is 0 Å². The van der Waals surface area contributed by atoms with E-state index in [1.165, 1.54) is 27.8 Å². The average molecular weight is 460 g/mol. The molecular formula is C17H14BrCl2Zr. The number of benzene rings is 2. The molecule has 4 heteroatoms. The van der Waals surface area contributed by atoms with Crippen LogP contribution >= 0.6 is 33.0 Å². The third-order valence-corrected chi connectivity index (χ3v) is 3.85. The van der Waals surface area contributed by atoms with Crippen molar-refractivity contribution in [3.63, 3.8) is 0 Å². The van der Waals surface area contributed by atoms with Gasteiger partial charge in [-0.1, -0.05) is 64.8 Å². The van der Waals surface area contributed by atoms with E-state index >= 15 is 0 Å². The molecule has 2 aromatic rings. The van der Waals surface area contributed by atoms with Crippen LogP contribution in [0.25, 0.3) is 17.2 Å². The van der Waals surface area contributed by atoms with Crippen molar-refractivity contribution in [1.29, 1.82) is 0 Å². The van der Waals surface area contributed by atoms with Gasteiger partial charge in [-0.2, -0.15) is 0 Å². The molecule has 0 atom stereocenters. The molecule has 0 aromatic heterocycles. The van der Waals surface area contributed by atoms with E-state index in [4.69, 9.17) is 17.0 Å². The SMILES string of the molecule is CCC1=Cc2c(cccc2-c2cccc(Br)c2)[CH]1.[Cl][Zr][Cl]. The van der Waals surface area contributed by atoms with Crippen molar-refractivity contribution in [1.82, 2.24) is 0 Å². The maximum atomic E-state index is 4.93. The summed E-state index contributed by atoms with van der Waals surface area (Å²) in [5.41, 5.74) is 6.68. The van der Waals surface area contributed by atoms with Gasteiger partial charge in [-0.05, 0) is 40.8 Å². The third kappa shape index (κ3) is 4.55. The summed E-state index contributed by atoms with van der Waals surface area (Å²) in [6.07, 6.45) is 5.69. The van der Waals surface area contributed by atoms with Crippen LogP contribution in [0.4, 0.5) is 0 Å². The van der Waals surface area contributed by atoms with Gasteiger partial charge in [0.15, 0.2) is 0 Å². The number of halogens is 3. The standard InChI is InChI=1S/C17H14Br.2ClH.Zr/c1-2-12-9-13-6-4-8-16(17(13)10-12)14-5-3-7-15(18)11-14;;;/h3-11H,2H2,1H3;2*1H;/q;;;+2/p-2. The van der Waals surface area contributed by atoms with Gasteiger partial charge >= 0.3 is 37.9 Å². The molecule has 1 aliphatic rings. The Bertz CT molecular complexity index is 653. The van der Waals surface area contributed by atoms with Gasteiger partial charge in [-0.15, -0.1) is 0 Å². The van der Waals surface area contributed by atoms with Crippen LogP contribution in [0.2, 0.25) is 0 Å². The summed E-state index contributed by atoms with van der Waals surface area (Å²) >= 11 is 2.72. The van der Waals surface area contributed by atoms with Crippen molar-refractivity contribution in [2.24, 2.45) is 0 Å². The van der Waals surface area contributed by atoms with E-state index in [0.29, 0.717) is 0 Å². The van der Waals surface area contributed by atoms with Crippen LogP contribution in [-0.2, 0) is 20.8 Å². The molecule has 21 heavy (non-hydrogen) atoms. The second kappa shape index (κ2) is 8.68. The first-order valence-corrected chi connectivity index (χ1v) is 13.7. The second-order valence-electron chi connectivity index (χ2n) is 4.61. The van der Waals surface area contributed by atoms with Crippen LogP contribution in [0.1, 0.15) is 24.5 Å². The van der Waals surface area contributed by atoms with Crippen molar-refractivity contribution in [2.45, 2.75) is 13.3 Å². The van der Waals surface area contributed by atoms with Gasteiger partial charge in [0, 0.05) is 10.9 Å². The van der Waals surface area contributed by atoms with E-state index in [-0.39, 0.29) is 0 Å². The number of rotatable bonds is 2. The van der Waals surface area contributed by atoms with Crippen molar-refractivity contribution < 1.29 is 20.8 Å². The molecule has 0 unspecified atom stereocenters. The number of allylic oxidation sites excluding steroid dienone is 1. The van der Waals surface area contributed by atoms with Crippen LogP contribution in [0.3, 0.4) is 0 Å². The molecular weight excluding hydrogens is 446 g/mol. The van der Waals surface area contributed by atoms with Gasteiger partial charge in [-0.3, -0.25) is 0 Å². The van der Waals surface area contributed by atoms with E-state index in [9.17, 15) is 0 Å². The molecule has 0 nitrogen and oxygen atoms in total. The van der Waals surface area contributed by atoms with Crippen molar-refractivity contribution >= 4 is 39.0 Å². The molecule has 1 radical (unpaired) electrons. The van der Waals surface area contributed by atoms with Gasteiger partial charge < -0.3 is 0 Å². The normalized spacial score (nSPS) is 12.1. The zero-order valence-corrected chi connectivity index (χ0v) is 17.1. The zero-order valence-electron chi connectivity index (χ0n) is 11.5. The summed E-state index contributed by atoms with van der Waals surface area (Å²) in [6, 6.07) is 15.0. The van der Waals surface area contributed by atoms with Gasteiger partial charge in [0.25, 0.3) is 0 Å². The van der Waals surface area contributed by atoms with Crippen molar-refractivity contribution in [3.8, 4) is 11.1 Å². The second-order valence-corrected chi connectivity index (χ2v) is 9.25. The molecule has 1 aliphatic carbocycles. The molecule has 0 saturated carbocycles. The molecule has 0 bridgehead atoms. The summed E-state index contributed by atoms with van der Waals surface area (Å²) in [5, 5.41) is 0. The number of fused-ring (bicyclic) bond motifs is 1. The summed E-state index contributed by atoms with van der Waals surface area (Å²) < 4.78 is 1.12. The fourth-order valence-electron chi connectivity index (χ4n) is 2.41. The molecule has 0 N–H and O–H groups in total. The zero-order chi connectivity index (χ0) is 15.2. The molecule has 0 heterocycles. The summed E-state index contributed by atoms with van der Waals surface area (Å²) in [5.74, 6) is 0. The first kappa shape index (κ1) is 17.5. The summed E-state index contributed by atoms with van der Waals surface area (Å²) in [7, 11) is 9.87. The predicted octanol–water partition coefficient (Wildman–Crippen LogP) is 6.85. The fraction of sp³-hybridized carbons (Fsp3) is 0.118. The quantitative estimate of drug-likeness (QED) is 0.460. The summed E-state index contributed by atoms with van der Waals surface area (Å²) in [4.78, 5) is 0. The van der Waals surface area contributed by atoms with Crippen LogP contribution in [-0.4, -0.2) is 0 Å². The van der Waals surface area contributed by atoms with E-state index in [1.807, 2.05) is 0 Å². The molecule has 0 saturated heterocycles. The van der Waals surface area contributed by atoms with Crippen molar-refractivity contribution in [2.75, 3.05) is 0 Å². The number of hydrogen-bond donors (Lipinski definition) is 0. The molecule has 2 aromatic carbocycles. The Morgan fingerprint density at radius 3 is 2.48 bits per heavy atom. The van der Waals surface area contributed by atoms with Gasteiger partial charge in [0.05, 0.1) is 0 Å². The Hall–Kier alpha value is 0.123. The van der Waals surface area contributed by atoms with Gasteiger partial charge in [-0.25, -0.2) is 0 Å². The molecule has 0 amide bonds. The maximum absolute atomic E-state index is 4.93. The van der Waals surface area contributed by atoms with Gasteiger partial charge in [0.1, 0.15) is 0 Å². The third-order valence-electron chi connectivity index (χ3n) is 3.35. The summed E-state index contributed by atoms with van der Waals surface area (Å²) in [6.45, 7) is 2.20. The Balaban J connectivity index is 0.000000497. The van der Waals surface area contributed by atoms with Crippen LogP contribution in [0.5, 0.6) is 0 Å². The molecule has 0 spiro atoms. The Morgan fingerprint density at radius 1 is 1.10 bits per heavy atom. The first-order valence-electron chi connectivity index (χ1n) is 6.60. The van der Waals surface area contributed by atoms with E-state index in [1.54, 1.807) is 0 Å². The molecule has 107 valence electrons.